The molecule has 0 spiro atoms. The highest BCUT2D eigenvalue weighted by atomic mass is 32.2. The zero-order valence-electron chi connectivity index (χ0n) is 14.9. The fourth-order valence-corrected chi connectivity index (χ4v) is 3.37. The molecule has 0 aliphatic rings. The van der Waals surface area contributed by atoms with Gasteiger partial charge >= 0.3 is 5.97 Å². The van der Waals surface area contributed by atoms with Crippen molar-refractivity contribution in [3.63, 3.8) is 0 Å². The summed E-state index contributed by atoms with van der Waals surface area (Å²) >= 11 is 0. The molecule has 0 radical (unpaired) electrons. The molecular weight excluding hydrogens is 396 g/mol. The van der Waals surface area contributed by atoms with E-state index in [9.17, 15) is 18.3 Å². The van der Waals surface area contributed by atoms with E-state index in [0.717, 1.165) is 0 Å². The quantitative estimate of drug-likeness (QED) is 0.506. The Kier molecular flexibility index (Phi) is 5.84. The van der Waals surface area contributed by atoms with Crippen molar-refractivity contribution >= 4 is 33.2 Å². The van der Waals surface area contributed by atoms with Crippen LogP contribution in [-0.2, 0) is 21.2 Å². The minimum atomic E-state index is -3.79. The van der Waals surface area contributed by atoms with Gasteiger partial charge in [0.05, 0.1) is 22.7 Å². The molecule has 2 aromatic carbocycles. The van der Waals surface area contributed by atoms with Gasteiger partial charge in [0.2, 0.25) is 0 Å². The molecule has 3 aromatic rings. The van der Waals surface area contributed by atoms with Crippen molar-refractivity contribution in [1.29, 1.82) is 0 Å². The number of sulfonamides is 1. The Bertz CT molecular complexity index is 1150. The van der Waals surface area contributed by atoms with Crippen molar-refractivity contribution in [3.8, 4) is 5.75 Å². The van der Waals surface area contributed by atoms with Crippen LogP contribution in [0.2, 0.25) is 0 Å². The standard InChI is InChI=1S/C19H16N4O5S/c24-17-9-6-15(11-13(17)12-19(25)26)22-21-14-4-7-16(8-5-14)29(27,28)23-18-3-1-2-10-20-18/h1-11,24H,12H2,(H,20,23)(H,25,26). The predicted octanol–water partition coefficient (Wildman–Crippen LogP) is 3.63. The average molecular weight is 412 g/mol. The summed E-state index contributed by atoms with van der Waals surface area (Å²) in [6.45, 7) is 0. The summed E-state index contributed by atoms with van der Waals surface area (Å²) < 4.78 is 27.1. The van der Waals surface area contributed by atoms with Gasteiger partial charge in [-0.1, -0.05) is 6.07 Å². The molecule has 10 heteroatoms. The molecule has 0 saturated heterocycles. The lowest BCUT2D eigenvalue weighted by atomic mass is 10.1. The molecule has 9 nitrogen and oxygen atoms in total. The number of phenols is 1. The van der Waals surface area contributed by atoms with Gasteiger partial charge in [0.15, 0.2) is 0 Å². The predicted molar refractivity (Wildman–Crippen MR) is 105 cm³/mol. The second-order valence-corrected chi connectivity index (χ2v) is 7.58. The van der Waals surface area contributed by atoms with Crippen LogP contribution in [0, 0.1) is 0 Å². The van der Waals surface area contributed by atoms with Crippen LogP contribution in [0.3, 0.4) is 0 Å². The SMILES string of the molecule is O=C(O)Cc1cc(N=Nc2ccc(S(=O)(=O)Nc3ccccn3)cc2)ccc1O. The van der Waals surface area contributed by atoms with E-state index >= 15 is 0 Å². The summed E-state index contributed by atoms with van der Waals surface area (Å²) in [7, 11) is -3.79. The average Bonchev–Trinajstić information content (AvgIpc) is 2.69. The van der Waals surface area contributed by atoms with E-state index in [1.54, 1.807) is 12.1 Å². The highest BCUT2D eigenvalue weighted by Crippen LogP contribution is 2.26. The summed E-state index contributed by atoms with van der Waals surface area (Å²) in [6.07, 6.45) is 1.14. The molecular formula is C19H16N4O5S. The topological polar surface area (TPSA) is 141 Å². The Morgan fingerprint density at radius 2 is 1.69 bits per heavy atom. The Morgan fingerprint density at radius 1 is 1.00 bits per heavy atom. The highest BCUT2D eigenvalue weighted by Gasteiger charge is 2.14. The van der Waals surface area contributed by atoms with Gasteiger partial charge in [-0.2, -0.15) is 10.2 Å². The molecule has 0 amide bonds. The van der Waals surface area contributed by atoms with Crippen LogP contribution in [0.5, 0.6) is 5.75 Å². The number of hydrogen-bond acceptors (Lipinski definition) is 7. The van der Waals surface area contributed by atoms with Gasteiger partial charge in [-0.05, 0) is 54.6 Å². The van der Waals surface area contributed by atoms with E-state index in [1.165, 1.54) is 54.7 Å². The smallest absolute Gasteiger partial charge is 0.307 e. The first-order valence-electron chi connectivity index (χ1n) is 8.33. The van der Waals surface area contributed by atoms with E-state index < -0.39 is 16.0 Å². The van der Waals surface area contributed by atoms with Gasteiger partial charge in [-0.3, -0.25) is 9.52 Å². The number of carboxylic acids is 1. The van der Waals surface area contributed by atoms with E-state index in [-0.39, 0.29) is 28.4 Å². The Morgan fingerprint density at radius 3 is 2.34 bits per heavy atom. The highest BCUT2D eigenvalue weighted by molar-refractivity contribution is 7.92. The number of aliphatic carboxylic acids is 1. The Hall–Kier alpha value is -3.79. The number of nitrogens with one attached hydrogen (secondary N) is 1. The number of hydrogen-bond donors (Lipinski definition) is 3. The first-order valence-corrected chi connectivity index (χ1v) is 9.81. The molecule has 1 heterocycles. The molecule has 0 aliphatic carbocycles. The van der Waals surface area contributed by atoms with Crippen molar-refractivity contribution < 1.29 is 23.4 Å². The Balaban J connectivity index is 1.74. The lowest BCUT2D eigenvalue weighted by molar-refractivity contribution is -0.136. The molecule has 29 heavy (non-hydrogen) atoms. The maximum absolute atomic E-state index is 12.4. The zero-order chi connectivity index (χ0) is 20.9. The maximum Gasteiger partial charge on any atom is 0.307 e. The number of phenolic OH excluding ortho intramolecular Hbond substituents is 1. The van der Waals surface area contributed by atoms with E-state index in [1.807, 2.05) is 0 Å². The number of carboxylic acid groups (broad SMARTS) is 1. The van der Waals surface area contributed by atoms with E-state index in [2.05, 4.69) is 19.9 Å². The summed E-state index contributed by atoms with van der Waals surface area (Å²) in [5, 5.41) is 26.5. The second-order valence-electron chi connectivity index (χ2n) is 5.90. The van der Waals surface area contributed by atoms with Crippen LogP contribution in [0.4, 0.5) is 17.2 Å². The number of benzene rings is 2. The molecule has 0 bridgehead atoms. The number of pyridine rings is 1. The first kappa shape index (κ1) is 20.0. The largest absolute Gasteiger partial charge is 0.508 e. The third-order valence-corrected chi connectivity index (χ3v) is 5.11. The molecule has 0 fully saturated rings. The van der Waals surface area contributed by atoms with Crippen LogP contribution in [0.25, 0.3) is 0 Å². The van der Waals surface area contributed by atoms with Crippen LogP contribution in [0.15, 0.2) is 82.0 Å². The van der Waals surface area contributed by atoms with Gasteiger partial charge in [0.25, 0.3) is 10.0 Å². The fourth-order valence-electron chi connectivity index (χ4n) is 2.37. The van der Waals surface area contributed by atoms with Gasteiger partial charge in [-0.15, -0.1) is 0 Å². The maximum atomic E-state index is 12.4. The van der Waals surface area contributed by atoms with E-state index in [4.69, 9.17) is 5.11 Å². The van der Waals surface area contributed by atoms with Gasteiger partial charge in [0.1, 0.15) is 11.6 Å². The first-order chi connectivity index (χ1) is 13.8. The van der Waals surface area contributed by atoms with Crippen molar-refractivity contribution in [1.82, 2.24) is 4.98 Å². The number of carbonyl (C=O) groups is 1. The summed E-state index contributed by atoms with van der Waals surface area (Å²) in [5.74, 6) is -1.01. The van der Waals surface area contributed by atoms with E-state index in [0.29, 0.717) is 11.4 Å². The monoisotopic (exact) mass is 412 g/mol. The molecule has 0 saturated carbocycles. The lowest BCUT2D eigenvalue weighted by Gasteiger charge is -2.07. The molecule has 0 unspecified atom stereocenters. The number of aromatic hydroxyl groups is 1. The van der Waals surface area contributed by atoms with Gasteiger partial charge in [-0.25, -0.2) is 13.4 Å². The van der Waals surface area contributed by atoms with Gasteiger partial charge in [0, 0.05) is 11.8 Å². The van der Waals surface area contributed by atoms with Crippen molar-refractivity contribution in [2.75, 3.05) is 4.72 Å². The molecule has 0 atom stereocenters. The molecule has 1 aromatic heterocycles. The zero-order valence-corrected chi connectivity index (χ0v) is 15.7. The molecule has 0 aliphatic heterocycles. The lowest BCUT2D eigenvalue weighted by Crippen LogP contribution is -2.13. The van der Waals surface area contributed by atoms with Crippen molar-refractivity contribution in [3.05, 3.63) is 72.4 Å². The van der Waals surface area contributed by atoms with Gasteiger partial charge < -0.3 is 10.2 Å². The molecule has 148 valence electrons. The third-order valence-electron chi connectivity index (χ3n) is 3.74. The number of anilines is 1. The molecule has 3 N–H and O–H groups in total. The van der Waals surface area contributed by atoms with Crippen LogP contribution in [-0.4, -0.2) is 29.6 Å². The summed E-state index contributed by atoms with van der Waals surface area (Å²) in [6, 6.07) is 14.9. The van der Waals surface area contributed by atoms with Crippen molar-refractivity contribution in [2.45, 2.75) is 11.3 Å². The number of rotatable bonds is 7. The minimum absolute atomic E-state index is 0.0375. The minimum Gasteiger partial charge on any atom is -0.508 e. The number of nitrogens with zero attached hydrogens (tertiary/aromatic N) is 3. The fraction of sp³-hybridized carbons (Fsp3) is 0.0526. The van der Waals surface area contributed by atoms with Crippen molar-refractivity contribution in [2.24, 2.45) is 10.2 Å². The van der Waals surface area contributed by atoms with Crippen LogP contribution < -0.4 is 4.72 Å². The summed E-state index contributed by atoms with van der Waals surface area (Å²) in [5.41, 5.74) is 0.971. The van der Waals surface area contributed by atoms with Crippen LogP contribution in [0.1, 0.15) is 5.56 Å². The third kappa shape index (κ3) is 5.36. The summed E-state index contributed by atoms with van der Waals surface area (Å²) in [4.78, 5) is 14.8. The molecule has 3 rings (SSSR count). The number of azo groups is 1. The second kappa shape index (κ2) is 8.48. The Labute approximate surface area is 166 Å². The normalized spacial score (nSPS) is 11.4. The van der Waals surface area contributed by atoms with Crippen LogP contribution >= 0.6 is 0 Å². The number of aromatic nitrogens is 1.